The number of nitrogens with zero attached hydrogens (tertiary/aromatic N) is 3. The molecule has 0 saturated heterocycles. The maximum atomic E-state index is 12.5. The highest BCUT2D eigenvalue weighted by Gasteiger charge is 2.37. The topological polar surface area (TPSA) is 79.5 Å². The van der Waals surface area contributed by atoms with Gasteiger partial charge in [0.25, 0.3) is 5.91 Å². The summed E-state index contributed by atoms with van der Waals surface area (Å²) in [5.41, 5.74) is 0.737. The number of hydrogen-bond acceptors (Lipinski definition) is 4. The normalized spacial score (nSPS) is 24.4. The van der Waals surface area contributed by atoms with E-state index in [4.69, 9.17) is 0 Å². The van der Waals surface area contributed by atoms with Gasteiger partial charge in [-0.1, -0.05) is 20.8 Å². The quantitative estimate of drug-likeness (QED) is 0.897. The Morgan fingerprint density at radius 1 is 1.32 bits per heavy atom. The highest BCUT2D eigenvalue weighted by molar-refractivity contribution is 5.94. The van der Waals surface area contributed by atoms with Crippen LogP contribution in [-0.4, -0.2) is 37.8 Å². The zero-order chi connectivity index (χ0) is 18.2. The third-order valence-electron chi connectivity index (χ3n) is 5.55. The first-order valence-electron chi connectivity index (χ1n) is 9.00. The molecule has 6 nitrogen and oxygen atoms in total. The van der Waals surface area contributed by atoms with Crippen molar-refractivity contribution in [3.63, 3.8) is 0 Å². The lowest BCUT2D eigenvalue weighted by Crippen LogP contribution is -2.46. The van der Waals surface area contributed by atoms with Crippen molar-refractivity contribution >= 4 is 11.6 Å². The summed E-state index contributed by atoms with van der Waals surface area (Å²) < 4.78 is 1.79. The van der Waals surface area contributed by atoms with Crippen LogP contribution in [0.5, 0.6) is 0 Å². The minimum Gasteiger partial charge on any atom is -0.388 e. The molecule has 1 amide bonds. The van der Waals surface area contributed by atoms with Crippen LogP contribution in [0.2, 0.25) is 0 Å². The smallest absolute Gasteiger partial charge is 0.252 e. The molecule has 0 bridgehead atoms. The second kappa shape index (κ2) is 6.41. The van der Waals surface area contributed by atoms with Crippen molar-refractivity contribution < 1.29 is 9.90 Å². The molecule has 0 aromatic carbocycles. The minimum atomic E-state index is -0.798. The van der Waals surface area contributed by atoms with E-state index in [-0.39, 0.29) is 11.3 Å². The molecule has 0 unspecified atom stereocenters. The van der Waals surface area contributed by atoms with Crippen molar-refractivity contribution in [1.82, 2.24) is 19.9 Å². The van der Waals surface area contributed by atoms with Crippen molar-refractivity contribution in [3.05, 3.63) is 29.7 Å². The zero-order valence-corrected chi connectivity index (χ0v) is 15.5. The Morgan fingerprint density at radius 2 is 2.00 bits per heavy atom. The molecule has 136 valence electrons. The van der Waals surface area contributed by atoms with E-state index in [0.717, 1.165) is 31.5 Å². The third-order valence-corrected chi connectivity index (χ3v) is 5.55. The van der Waals surface area contributed by atoms with E-state index >= 15 is 0 Å². The van der Waals surface area contributed by atoms with E-state index < -0.39 is 5.60 Å². The number of aryl methyl sites for hydroxylation is 1. The lowest BCUT2D eigenvalue weighted by molar-refractivity contribution is -0.0228. The summed E-state index contributed by atoms with van der Waals surface area (Å²) in [6, 6.07) is 3.51. The first-order valence-corrected chi connectivity index (χ1v) is 9.00. The minimum absolute atomic E-state index is 0.179. The first kappa shape index (κ1) is 17.9. The van der Waals surface area contributed by atoms with Crippen molar-refractivity contribution in [1.29, 1.82) is 0 Å². The maximum Gasteiger partial charge on any atom is 0.252 e. The van der Waals surface area contributed by atoms with Gasteiger partial charge < -0.3 is 10.4 Å². The van der Waals surface area contributed by atoms with Gasteiger partial charge in [0.05, 0.1) is 11.2 Å². The maximum absolute atomic E-state index is 12.5. The van der Waals surface area contributed by atoms with Crippen LogP contribution in [-0.2, 0) is 0 Å². The molecule has 0 atom stereocenters. The molecule has 1 aliphatic rings. The van der Waals surface area contributed by atoms with Crippen LogP contribution in [0, 0.1) is 18.3 Å². The predicted molar refractivity (Wildman–Crippen MR) is 96.4 cm³/mol. The Labute approximate surface area is 148 Å². The summed E-state index contributed by atoms with van der Waals surface area (Å²) in [6.45, 7) is 8.91. The van der Waals surface area contributed by atoms with Crippen LogP contribution < -0.4 is 5.32 Å². The number of aromatic nitrogens is 3. The molecule has 2 aromatic heterocycles. The Balaban J connectivity index is 1.60. The van der Waals surface area contributed by atoms with Crippen LogP contribution >= 0.6 is 0 Å². The number of nitrogens with one attached hydrogen (secondary N) is 1. The summed E-state index contributed by atoms with van der Waals surface area (Å²) in [5.74, 6) is 1.19. The van der Waals surface area contributed by atoms with E-state index in [9.17, 15) is 9.90 Å². The molecule has 2 aromatic rings. The van der Waals surface area contributed by atoms with Gasteiger partial charge in [-0.2, -0.15) is 0 Å². The van der Waals surface area contributed by atoms with Crippen molar-refractivity contribution in [3.8, 4) is 0 Å². The van der Waals surface area contributed by atoms with Crippen LogP contribution in [0.1, 0.15) is 62.6 Å². The summed E-state index contributed by atoms with van der Waals surface area (Å²) in [7, 11) is 0. The lowest BCUT2D eigenvalue weighted by atomic mass is 9.68. The molecule has 6 heteroatoms. The van der Waals surface area contributed by atoms with Crippen molar-refractivity contribution in [2.45, 2.75) is 59.0 Å². The molecule has 1 saturated carbocycles. The summed E-state index contributed by atoms with van der Waals surface area (Å²) in [5, 5.41) is 21.7. The molecular formula is C19H28N4O2. The number of carbonyl (C=O) groups excluding carboxylic acids is 1. The molecular weight excluding hydrogens is 316 g/mol. The first-order chi connectivity index (χ1) is 11.7. The van der Waals surface area contributed by atoms with Crippen LogP contribution in [0.15, 0.2) is 18.3 Å². The van der Waals surface area contributed by atoms with Crippen molar-refractivity contribution in [2.75, 3.05) is 6.54 Å². The fraction of sp³-hybridized carbons (Fsp3) is 0.632. The van der Waals surface area contributed by atoms with Crippen LogP contribution in [0.25, 0.3) is 5.65 Å². The molecule has 2 heterocycles. The number of amides is 1. The van der Waals surface area contributed by atoms with Gasteiger partial charge in [-0.15, -0.1) is 10.2 Å². The van der Waals surface area contributed by atoms with Crippen LogP contribution in [0.4, 0.5) is 0 Å². The highest BCUT2D eigenvalue weighted by atomic mass is 16.3. The number of aliphatic hydroxyl groups is 1. The summed E-state index contributed by atoms with van der Waals surface area (Å²) >= 11 is 0. The Morgan fingerprint density at radius 3 is 2.64 bits per heavy atom. The van der Waals surface area contributed by atoms with E-state index in [1.54, 1.807) is 22.7 Å². The van der Waals surface area contributed by atoms with Gasteiger partial charge in [0.1, 0.15) is 5.82 Å². The Kier molecular flexibility index (Phi) is 4.58. The fourth-order valence-corrected chi connectivity index (χ4v) is 3.68. The van der Waals surface area contributed by atoms with Gasteiger partial charge in [0.15, 0.2) is 5.65 Å². The molecule has 1 aliphatic carbocycles. The van der Waals surface area contributed by atoms with Gasteiger partial charge in [-0.05, 0) is 56.1 Å². The number of carbonyl (C=O) groups is 1. The molecule has 0 aliphatic heterocycles. The van der Waals surface area contributed by atoms with Gasteiger partial charge in [0.2, 0.25) is 0 Å². The van der Waals surface area contributed by atoms with E-state index in [1.807, 2.05) is 6.92 Å². The molecule has 1 fully saturated rings. The molecule has 0 radical (unpaired) electrons. The number of hydrogen-bond donors (Lipinski definition) is 2. The number of fused-ring (bicyclic) bond motifs is 1. The average molecular weight is 344 g/mol. The van der Waals surface area contributed by atoms with Crippen molar-refractivity contribution in [2.24, 2.45) is 11.3 Å². The van der Waals surface area contributed by atoms with Crippen LogP contribution in [0.3, 0.4) is 0 Å². The average Bonchev–Trinajstić information content (AvgIpc) is 2.93. The Hall–Kier alpha value is -1.95. The Bertz CT molecular complexity index is 767. The van der Waals surface area contributed by atoms with E-state index in [2.05, 4.69) is 36.3 Å². The lowest BCUT2D eigenvalue weighted by Gasteiger charge is -2.41. The molecule has 0 spiro atoms. The van der Waals surface area contributed by atoms with Gasteiger partial charge >= 0.3 is 0 Å². The van der Waals surface area contributed by atoms with E-state index in [1.165, 1.54) is 0 Å². The standard InChI is InChI=1S/C19H28N4O2/c1-13-21-22-16-6-5-14(11-23(13)16)17(24)20-12-19(25)9-7-15(8-10-19)18(2,3)4/h5-6,11,15,25H,7-10,12H2,1-4H3,(H,20,24). The SMILES string of the molecule is Cc1nnc2ccc(C(=O)NCC3(O)CCC(C(C)(C)C)CC3)cn12. The molecule has 3 rings (SSSR count). The molecule has 25 heavy (non-hydrogen) atoms. The van der Waals surface area contributed by atoms with E-state index in [0.29, 0.717) is 23.7 Å². The summed E-state index contributed by atoms with van der Waals surface area (Å²) in [4.78, 5) is 12.5. The molecule has 2 N–H and O–H groups in total. The van der Waals surface area contributed by atoms with Gasteiger partial charge in [0, 0.05) is 12.7 Å². The van der Waals surface area contributed by atoms with Gasteiger partial charge in [-0.25, -0.2) is 0 Å². The highest BCUT2D eigenvalue weighted by Crippen LogP contribution is 2.41. The largest absolute Gasteiger partial charge is 0.388 e. The third kappa shape index (κ3) is 3.84. The second-order valence-corrected chi connectivity index (χ2v) is 8.44. The zero-order valence-electron chi connectivity index (χ0n) is 15.5. The monoisotopic (exact) mass is 344 g/mol. The fourth-order valence-electron chi connectivity index (χ4n) is 3.68. The summed E-state index contributed by atoms with van der Waals surface area (Å²) in [6.07, 6.45) is 5.21. The second-order valence-electron chi connectivity index (χ2n) is 8.44. The number of rotatable bonds is 3. The number of pyridine rings is 1. The predicted octanol–water partition coefficient (Wildman–Crippen LogP) is 2.73. The van der Waals surface area contributed by atoms with Gasteiger partial charge in [-0.3, -0.25) is 9.20 Å².